The molecule has 0 fully saturated rings. The van der Waals surface area contributed by atoms with E-state index in [0.29, 0.717) is 0 Å². The lowest BCUT2D eigenvalue weighted by molar-refractivity contribution is 1.47. The first-order chi connectivity index (χ1) is 5.29. The number of hydrogen-bond donors (Lipinski definition) is 2. The first-order valence-electron chi connectivity index (χ1n) is 3.30. The number of nitrogens with one attached hydrogen (secondary N) is 1. The highest BCUT2D eigenvalue weighted by Crippen LogP contribution is 2.24. The molecule has 0 aliphatic rings. The van der Waals surface area contributed by atoms with E-state index in [1.54, 1.807) is 0 Å². The van der Waals surface area contributed by atoms with Crippen LogP contribution in [0.1, 0.15) is 0 Å². The van der Waals surface area contributed by atoms with Gasteiger partial charge in [-0.05, 0) is 34.7 Å². The summed E-state index contributed by atoms with van der Waals surface area (Å²) in [4.78, 5) is 3.14. The zero-order valence-electron chi connectivity index (χ0n) is 5.76. The van der Waals surface area contributed by atoms with Crippen molar-refractivity contribution in [2.45, 2.75) is 0 Å². The van der Waals surface area contributed by atoms with Gasteiger partial charge in [-0.2, -0.15) is 0 Å². The molecule has 2 rings (SSSR count). The summed E-state index contributed by atoms with van der Waals surface area (Å²) in [7, 11) is 0. The summed E-state index contributed by atoms with van der Waals surface area (Å²) in [5, 5.41) is 1.13. The average Bonchev–Trinajstić information content (AvgIpc) is 2.34. The molecular formula is C8H7IN2. The van der Waals surface area contributed by atoms with Gasteiger partial charge < -0.3 is 10.7 Å². The van der Waals surface area contributed by atoms with Crippen molar-refractivity contribution in [2.24, 2.45) is 0 Å². The highest BCUT2D eigenvalue weighted by Gasteiger charge is 2.01. The molecule has 0 bridgehead atoms. The van der Waals surface area contributed by atoms with Crippen LogP contribution in [0.2, 0.25) is 0 Å². The van der Waals surface area contributed by atoms with Crippen molar-refractivity contribution in [1.29, 1.82) is 0 Å². The number of halogens is 1. The predicted molar refractivity (Wildman–Crippen MR) is 55.4 cm³/mol. The van der Waals surface area contributed by atoms with E-state index in [4.69, 9.17) is 5.73 Å². The second-order valence-electron chi connectivity index (χ2n) is 2.41. The van der Waals surface area contributed by atoms with Gasteiger partial charge in [0, 0.05) is 26.4 Å². The number of fused-ring (bicyclic) bond motifs is 1. The fourth-order valence-electron chi connectivity index (χ4n) is 1.17. The van der Waals surface area contributed by atoms with E-state index in [9.17, 15) is 0 Å². The number of nitrogens with two attached hydrogens (primary N) is 1. The minimum atomic E-state index is 0.841. The summed E-state index contributed by atoms with van der Waals surface area (Å²) < 4.78 is 1.18. The smallest absolute Gasteiger partial charge is 0.0485 e. The molecule has 0 unspecified atom stereocenters. The van der Waals surface area contributed by atoms with E-state index in [0.717, 1.165) is 16.6 Å². The van der Waals surface area contributed by atoms with Gasteiger partial charge in [0.1, 0.15) is 0 Å². The SMILES string of the molecule is Nc1cccc2[nH]cc(I)c12. The number of aromatic amines is 1. The standard InChI is InChI=1S/C8H7IN2/c9-5-4-11-7-3-1-2-6(10)8(5)7/h1-4,11H,10H2. The van der Waals surface area contributed by atoms with E-state index in [2.05, 4.69) is 27.6 Å². The maximum absolute atomic E-state index is 5.78. The van der Waals surface area contributed by atoms with Gasteiger partial charge in [-0.15, -0.1) is 0 Å². The Morgan fingerprint density at radius 3 is 2.91 bits per heavy atom. The minimum Gasteiger partial charge on any atom is -0.398 e. The number of rotatable bonds is 0. The third kappa shape index (κ3) is 0.994. The molecule has 56 valence electrons. The number of aromatic nitrogens is 1. The molecule has 0 atom stereocenters. The van der Waals surface area contributed by atoms with Gasteiger partial charge in [-0.1, -0.05) is 6.07 Å². The van der Waals surface area contributed by atoms with Gasteiger partial charge in [-0.3, -0.25) is 0 Å². The Kier molecular flexibility index (Phi) is 1.52. The molecule has 0 spiro atoms. The van der Waals surface area contributed by atoms with Crippen LogP contribution in [0.25, 0.3) is 10.9 Å². The number of benzene rings is 1. The molecule has 0 radical (unpaired) electrons. The van der Waals surface area contributed by atoms with Gasteiger partial charge in [0.2, 0.25) is 0 Å². The molecule has 3 heteroatoms. The van der Waals surface area contributed by atoms with Crippen LogP contribution in [0.4, 0.5) is 5.69 Å². The first kappa shape index (κ1) is 6.97. The highest BCUT2D eigenvalue weighted by molar-refractivity contribution is 14.1. The third-order valence-corrected chi connectivity index (χ3v) is 2.54. The highest BCUT2D eigenvalue weighted by atomic mass is 127. The lowest BCUT2D eigenvalue weighted by Gasteiger charge is -1.94. The maximum Gasteiger partial charge on any atom is 0.0485 e. The van der Waals surface area contributed by atoms with Crippen LogP contribution in [0.15, 0.2) is 24.4 Å². The number of H-pyrrole nitrogens is 1. The zero-order valence-corrected chi connectivity index (χ0v) is 7.92. The van der Waals surface area contributed by atoms with Gasteiger partial charge >= 0.3 is 0 Å². The molecule has 0 aliphatic heterocycles. The first-order valence-corrected chi connectivity index (χ1v) is 4.38. The van der Waals surface area contributed by atoms with E-state index >= 15 is 0 Å². The van der Waals surface area contributed by atoms with Gasteiger partial charge in [0.15, 0.2) is 0 Å². The zero-order chi connectivity index (χ0) is 7.84. The van der Waals surface area contributed by atoms with Crippen LogP contribution in [-0.4, -0.2) is 4.98 Å². The fraction of sp³-hybridized carbons (Fsp3) is 0. The Hall–Kier alpha value is -0.710. The molecule has 3 N–H and O–H groups in total. The number of hydrogen-bond acceptors (Lipinski definition) is 1. The summed E-state index contributed by atoms with van der Waals surface area (Å²) in [6.45, 7) is 0. The molecule has 0 amide bonds. The summed E-state index contributed by atoms with van der Waals surface area (Å²) in [5.74, 6) is 0. The van der Waals surface area contributed by atoms with E-state index in [1.807, 2.05) is 24.4 Å². The molecular weight excluding hydrogens is 251 g/mol. The Morgan fingerprint density at radius 1 is 1.36 bits per heavy atom. The molecule has 0 saturated carbocycles. The van der Waals surface area contributed by atoms with Crippen LogP contribution >= 0.6 is 22.6 Å². The normalized spacial score (nSPS) is 10.6. The fourth-order valence-corrected chi connectivity index (χ4v) is 1.93. The molecule has 1 aromatic carbocycles. The summed E-state index contributed by atoms with van der Waals surface area (Å²) in [6.07, 6.45) is 1.96. The molecule has 11 heavy (non-hydrogen) atoms. The molecule has 0 aliphatic carbocycles. The Bertz CT molecular complexity index is 392. The molecule has 2 aromatic rings. The quantitative estimate of drug-likeness (QED) is 0.552. The van der Waals surface area contributed by atoms with Crippen molar-refractivity contribution in [2.75, 3.05) is 5.73 Å². The second-order valence-corrected chi connectivity index (χ2v) is 3.57. The maximum atomic E-state index is 5.78. The van der Waals surface area contributed by atoms with E-state index < -0.39 is 0 Å². The largest absolute Gasteiger partial charge is 0.398 e. The Labute approximate surface area is 77.9 Å². The van der Waals surface area contributed by atoms with Crippen molar-refractivity contribution in [3.05, 3.63) is 28.0 Å². The molecule has 2 nitrogen and oxygen atoms in total. The van der Waals surface area contributed by atoms with E-state index in [1.165, 1.54) is 3.57 Å². The van der Waals surface area contributed by atoms with Crippen LogP contribution in [0, 0.1) is 3.57 Å². The number of anilines is 1. The van der Waals surface area contributed by atoms with Gasteiger partial charge in [0.05, 0.1) is 0 Å². The Balaban J connectivity index is 2.96. The summed E-state index contributed by atoms with van der Waals surface area (Å²) in [5.41, 5.74) is 7.72. The third-order valence-electron chi connectivity index (χ3n) is 1.69. The lowest BCUT2D eigenvalue weighted by atomic mass is 10.2. The topological polar surface area (TPSA) is 41.8 Å². The van der Waals surface area contributed by atoms with Crippen LogP contribution in [0.3, 0.4) is 0 Å². The van der Waals surface area contributed by atoms with Crippen molar-refractivity contribution >= 4 is 39.2 Å². The van der Waals surface area contributed by atoms with Crippen molar-refractivity contribution in [1.82, 2.24) is 4.98 Å². The Morgan fingerprint density at radius 2 is 2.18 bits per heavy atom. The average molecular weight is 258 g/mol. The summed E-state index contributed by atoms with van der Waals surface area (Å²) in [6, 6.07) is 5.89. The van der Waals surface area contributed by atoms with E-state index in [-0.39, 0.29) is 0 Å². The lowest BCUT2D eigenvalue weighted by Crippen LogP contribution is -1.84. The van der Waals surface area contributed by atoms with Gasteiger partial charge in [-0.25, -0.2) is 0 Å². The van der Waals surface area contributed by atoms with Gasteiger partial charge in [0.25, 0.3) is 0 Å². The van der Waals surface area contributed by atoms with Crippen molar-refractivity contribution in [3.63, 3.8) is 0 Å². The number of nitrogen functional groups attached to an aromatic ring is 1. The van der Waals surface area contributed by atoms with Crippen molar-refractivity contribution < 1.29 is 0 Å². The van der Waals surface area contributed by atoms with Crippen LogP contribution < -0.4 is 5.73 Å². The van der Waals surface area contributed by atoms with Crippen LogP contribution in [0.5, 0.6) is 0 Å². The molecule has 1 heterocycles. The molecule has 1 aromatic heterocycles. The molecule has 0 saturated heterocycles. The summed E-state index contributed by atoms with van der Waals surface area (Å²) >= 11 is 2.27. The predicted octanol–water partition coefficient (Wildman–Crippen LogP) is 2.35. The van der Waals surface area contributed by atoms with Crippen LogP contribution in [-0.2, 0) is 0 Å². The monoisotopic (exact) mass is 258 g/mol. The van der Waals surface area contributed by atoms with Crippen molar-refractivity contribution in [3.8, 4) is 0 Å². The second kappa shape index (κ2) is 2.41. The minimum absolute atomic E-state index is 0.841.